The van der Waals surface area contributed by atoms with E-state index in [2.05, 4.69) is 70.6 Å². The highest BCUT2D eigenvalue weighted by molar-refractivity contribution is 9.15. The molecule has 1 aliphatic carbocycles. The van der Waals surface area contributed by atoms with Gasteiger partial charge in [0.1, 0.15) is 11.7 Å². The Kier molecular flexibility index (Phi) is 14.0. The molecule has 1 aromatic rings. The van der Waals surface area contributed by atoms with E-state index in [0.717, 1.165) is 19.3 Å². The zero-order chi connectivity index (χ0) is 32.6. The van der Waals surface area contributed by atoms with Crippen LogP contribution in [0.15, 0.2) is 42.2 Å². The summed E-state index contributed by atoms with van der Waals surface area (Å²) < 4.78 is 20.8. The van der Waals surface area contributed by atoms with E-state index < -0.39 is 29.4 Å². The van der Waals surface area contributed by atoms with Crippen LogP contribution in [0.5, 0.6) is 0 Å². The molecule has 2 aliphatic heterocycles. The molecule has 0 radical (unpaired) electrons. The van der Waals surface area contributed by atoms with Crippen molar-refractivity contribution in [3.05, 3.63) is 53.3 Å². The van der Waals surface area contributed by atoms with E-state index in [0.29, 0.717) is 34.6 Å². The number of carbonyl (C=O) groups excluding carboxylic acids is 2. The summed E-state index contributed by atoms with van der Waals surface area (Å²) >= 11 is 13.5. The Bertz CT molecular complexity index is 1290. The predicted molar refractivity (Wildman–Crippen MR) is 188 cm³/mol. The maximum atomic E-state index is 13.7. The second-order valence-corrected chi connectivity index (χ2v) is 15.6. The molecule has 2 saturated heterocycles. The van der Waals surface area contributed by atoms with Gasteiger partial charge in [-0.2, -0.15) is 0 Å². The van der Waals surface area contributed by atoms with Gasteiger partial charge < -0.3 is 19.3 Å². The lowest BCUT2D eigenvalue weighted by Gasteiger charge is -2.43. The Morgan fingerprint density at radius 2 is 1.40 bits per heavy atom. The summed E-state index contributed by atoms with van der Waals surface area (Å²) in [5, 5.41) is 9.97. The third kappa shape index (κ3) is 9.62. The number of esters is 1. The van der Waals surface area contributed by atoms with E-state index in [4.69, 9.17) is 14.2 Å². The van der Waals surface area contributed by atoms with Gasteiger partial charge in [0.05, 0.1) is 17.2 Å². The molecule has 1 N–H and O–H groups in total. The van der Waals surface area contributed by atoms with E-state index in [1.165, 1.54) is 69.9 Å². The second kappa shape index (κ2) is 17.0. The molecule has 2 fully saturated rings. The lowest BCUT2D eigenvalue weighted by atomic mass is 9.91. The first kappa shape index (κ1) is 37.0. The smallest absolute Gasteiger partial charge is 0.340 e. The van der Waals surface area contributed by atoms with Crippen LogP contribution in [-0.2, 0) is 19.0 Å². The zero-order valence-electron chi connectivity index (χ0n) is 25.7. The van der Waals surface area contributed by atoms with Crippen molar-refractivity contribution in [1.82, 2.24) is 0 Å². The Hall–Kier alpha value is -0.850. The SMILES string of the molecule is CCCCCCCCCCCCC[C@@H]1C[C@@H](OC(=O)c2c(Br)c(Br)c(Br)c(Br)c2C(=O)O)C[C@]2(CCC3(C=CC(=O)C=C3)O2)O1. The highest BCUT2D eigenvalue weighted by atomic mass is 79.9. The second-order valence-electron chi connectivity index (χ2n) is 12.4. The van der Waals surface area contributed by atoms with Gasteiger partial charge >= 0.3 is 11.9 Å². The van der Waals surface area contributed by atoms with Gasteiger partial charge in [0.15, 0.2) is 11.6 Å². The average Bonchev–Trinajstić information content (AvgIpc) is 3.33. The van der Waals surface area contributed by atoms with Crippen LogP contribution < -0.4 is 0 Å². The summed E-state index contributed by atoms with van der Waals surface area (Å²) in [6, 6.07) is 0. The van der Waals surface area contributed by atoms with Crippen molar-refractivity contribution in [3.63, 3.8) is 0 Å². The number of carboxylic acid groups (broad SMARTS) is 1. The Morgan fingerprint density at radius 1 is 0.844 bits per heavy atom. The molecule has 2 spiro atoms. The van der Waals surface area contributed by atoms with Crippen LogP contribution in [0.25, 0.3) is 0 Å². The van der Waals surface area contributed by atoms with E-state index >= 15 is 0 Å². The standard InChI is InChI=1S/C34H42Br4O7/c1-2-3-4-5-6-7-8-9-10-11-12-13-23-20-24(21-34(44-23)19-18-33(45-34)16-14-22(39)15-17-33)43-32(42)26-25(31(40)41)27(35)29(37)30(38)28(26)36/h14-17,23-24H,2-13,18-21H2,1H3,(H,40,41)/t23-,24-,34-/m1/s1. The molecule has 248 valence electrons. The summed E-state index contributed by atoms with van der Waals surface area (Å²) in [7, 11) is 0. The van der Waals surface area contributed by atoms with Gasteiger partial charge in [0.25, 0.3) is 0 Å². The first-order valence-electron chi connectivity index (χ1n) is 16.1. The highest BCUT2D eigenvalue weighted by Gasteiger charge is 2.53. The molecule has 0 saturated carbocycles. The van der Waals surface area contributed by atoms with Crippen LogP contribution >= 0.6 is 63.7 Å². The molecular weight excluding hydrogens is 840 g/mol. The number of halogens is 4. The number of rotatable bonds is 15. The molecule has 0 bridgehead atoms. The molecule has 45 heavy (non-hydrogen) atoms. The lowest BCUT2D eigenvalue weighted by Crippen LogP contribution is -2.48. The Labute approximate surface area is 299 Å². The molecule has 11 heteroatoms. The van der Waals surface area contributed by atoms with Crippen LogP contribution in [0.2, 0.25) is 0 Å². The number of unbranched alkanes of at least 4 members (excludes halogenated alkanes) is 10. The molecule has 7 nitrogen and oxygen atoms in total. The van der Waals surface area contributed by atoms with Crippen LogP contribution in [0.4, 0.5) is 0 Å². The molecule has 3 aliphatic rings. The maximum Gasteiger partial charge on any atom is 0.340 e. The highest BCUT2D eigenvalue weighted by Crippen LogP contribution is 2.49. The third-order valence-corrected chi connectivity index (χ3v) is 13.6. The number of hydrogen-bond acceptors (Lipinski definition) is 6. The quantitative estimate of drug-likeness (QED) is 0.0811. The van der Waals surface area contributed by atoms with E-state index in [-0.39, 0.29) is 32.0 Å². The molecule has 2 heterocycles. The number of allylic oxidation sites excluding steroid dienone is 2. The number of hydrogen-bond donors (Lipinski definition) is 1. The van der Waals surface area contributed by atoms with Gasteiger partial charge in [-0.3, -0.25) is 4.79 Å². The van der Waals surface area contributed by atoms with Crippen molar-refractivity contribution in [2.75, 3.05) is 0 Å². The first-order chi connectivity index (χ1) is 21.5. The summed E-state index contributed by atoms with van der Waals surface area (Å²) in [6.07, 6.45) is 22.5. The average molecular weight is 882 g/mol. The van der Waals surface area contributed by atoms with Crippen molar-refractivity contribution < 1.29 is 33.7 Å². The summed E-state index contributed by atoms with van der Waals surface area (Å²) in [6.45, 7) is 2.25. The number of carbonyl (C=O) groups is 3. The van der Waals surface area contributed by atoms with Crippen molar-refractivity contribution in [3.8, 4) is 0 Å². The minimum atomic E-state index is -1.26. The topological polar surface area (TPSA) is 99.1 Å². The van der Waals surface area contributed by atoms with Gasteiger partial charge in [0.2, 0.25) is 0 Å². The van der Waals surface area contributed by atoms with Crippen molar-refractivity contribution >= 4 is 81.4 Å². The zero-order valence-corrected chi connectivity index (χ0v) is 32.0. The Morgan fingerprint density at radius 3 is 1.98 bits per heavy atom. The molecule has 0 aromatic heterocycles. The lowest BCUT2D eigenvalue weighted by molar-refractivity contribution is -0.291. The fraction of sp³-hybridized carbons (Fsp3) is 0.618. The molecule has 4 rings (SSSR count). The minimum absolute atomic E-state index is 0.0765. The number of carboxylic acids is 1. The van der Waals surface area contributed by atoms with E-state index in [9.17, 15) is 19.5 Å². The van der Waals surface area contributed by atoms with Crippen LogP contribution in [0.3, 0.4) is 0 Å². The number of ether oxygens (including phenoxy) is 3. The van der Waals surface area contributed by atoms with Gasteiger partial charge in [-0.05, 0) is 101 Å². The van der Waals surface area contributed by atoms with Gasteiger partial charge in [-0.1, -0.05) is 77.6 Å². The van der Waals surface area contributed by atoms with Crippen LogP contribution in [-0.4, -0.2) is 46.4 Å². The summed E-state index contributed by atoms with van der Waals surface area (Å²) in [4.78, 5) is 37.7. The summed E-state index contributed by atoms with van der Waals surface area (Å²) in [5.74, 6) is -3.05. The molecule has 3 atom stereocenters. The Balaban J connectivity index is 1.42. The largest absolute Gasteiger partial charge is 0.478 e. The molecule has 0 amide bonds. The van der Waals surface area contributed by atoms with Crippen LogP contribution in [0.1, 0.15) is 130 Å². The molecular formula is C34H42Br4O7. The van der Waals surface area contributed by atoms with Crippen LogP contribution in [0, 0.1) is 0 Å². The fourth-order valence-corrected chi connectivity index (χ4v) is 8.96. The number of ketones is 1. The van der Waals surface area contributed by atoms with Crippen molar-refractivity contribution in [2.45, 2.75) is 133 Å². The first-order valence-corrected chi connectivity index (χ1v) is 19.3. The van der Waals surface area contributed by atoms with Crippen molar-refractivity contribution in [1.29, 1.82) is 0 Å². The minimum Gasteiger partial charge on any atom is -0.478 e. The van der Waals surface area contributed by atoms with Gasteiger partial charge in [-0.25, -0.2) is 9.59 Å². The maximum absolute atomic E-state index is 13.7. The molecule has 1 aromatic carbocycles. The van der Waals surface area contributed by atoms with E-state index in [1.807, 2.05) is 0 Å². The van der Waals surface area contributed by atoms with Crippen molar-refractivity contribution in [2.24, 2.45) is 0 Å². The third-order valence-electron chi connectivity index (χ3n) is 8.87. The molecule has 0 unspecified atom stereocenters. The van der Waals surface area contributed by atoms with Gasteiger partial charge in [0, 0.05) is 37.2 Å². The number of benzene rings is 1. The number of aromatic carboxylic acids is 1. The summed E-state index contributed by atoms with van der Waals surface area (Å²) in [5.41, 5.74) is -1.01. The van der Waals surface area contributed by atoms with Gasteiger partial charge in [-0.15, -0.1) is 0 Å². The fourth-order valence-electron chi connectivity index (χ4n) is 6.51. The monoisotopic (exact) mass is 878 g/mol. The predicted octanol–water partition coefficient (Wildman–Crippen LogP) is 10.8. The normalized spacial score (nSPS) is 23.7. The van der Waals surface area contributed by atoms with E-state index in [1.54, 1.807) is 12.2 Å².